The lowest BCUT2D eigenvalue weighted by Crippen LogP contribution is -2.36. The van der Waals surface area contributed by atoms with E-state index in [9.17, 15) is 14.4 Å². The van der Waals surface area contributed by atoms with Crippen molar-refractivity contribution in [3.63, 3.8) is 0 Å². The number of urea groups is 1. The van der Waals surface area contributed by atoms with E-state index in [0.29, 0.717) is 5.69 Å². The van der Waals surface area contributed by atoms with Crippen molar-refractivity contribution in [2.24, 2.45) is 5.73 Å². The molecule has 7 heteroatoms. The Morgan fingerprint density at radius 2 is 1.70 bits per heavy atom. The minimum atomic E-state index is -0.691. The predicted octanol–water partition coefficient (Wildman–Crippen LogP) is 2.47. The van der Waals surface area contributed by atoms with Crippen LogP contribution in [0.3, 0.4) is 0 Å². The summed E-state index contributed by atoms with van der Waals surface area (Å²) in [5, 5.41) is 5.20. The van der Waals surface area contributed by atoms with Gasteiger partial charge in [-0.05, 0) is 49.6 Å². The van der Waals surface area contributed by atoms with Crippen molar-refractivity contribution in [3.8, 4) is 0 Å². The van der Waals surface area contributed by atoms with Gasteiger partial charge in [0.25, 0.3) is 5.91 Å². The second-order valence-electron chi connectivity index (χ2n) is 6.14. The molecule has 0 aliphatic heterocycles. The first-order valence-electron chi connectivity index (χ1n) is 8.61. The highest BCUT2D eigenvalue weighted by Crippen LogP contribution is 2.10. The van der Waals surface area contributed by atoms with E-state index in [4.69, 9.17) is 10.5 Å². The number of rotatable bonds is 8. The Morgan fingerprint density at radius 1 is 1.04 bits per heavy atom. The Balaban J connectivity index is 1.72. The Bertz CT molecular complexity index is 776. The van der Waals surface area contributed by atoms with Crippen LogP contribution in [-0.4, -0.2) is 30.6 Å². The fourth-order valence-electron chi connectivity index (χ4n) is 2.46. The highest BCUT2D eigenvalue weighted by atomic mass is 16.5. The van der Waals surface area contributed by atoms with Crippen molar-refractivity contribution >= 4 is 23.6 Å². The van der Waals surface area contributed by atoms with E-state index in [2.05, 4.69) is 10.6 Å². The molecule has 0 radical (unpaired) electrons. The van der Waals surface area contributed by atoms with Crippen molar-refractivity contribution in [1.82, 2.24) is 5.32 Å². The molecule has 0 bridgehead atoms. The van der Waals surface area contributed by atoms with Gasteiger partial charge in [0.15, 0.2) is 6.61 Å². The Morgan fingerprint density at radius 3 is 2.33 bits per heavy atom. The number of aryl methyl sites for hydroxylation is 1. The number of hydrogen-bond acceptors (Lipinski definition) is 4. The van der Waals surface area contributed by atoms with Crippen molar-refractivity contribution < 1.29 is 19.1 Å². The van der Waals surface area contributed by atoms with Gasteiger partial charge in [0.05, 0.1) is 5.56 Å². The summed E-state index contributed by atoms with van der Waals surface area (Å²) in [7, 11) is 0. The third-order valence-corrected chi connectivity index (χ3v) is 3.84. The molecule has 0 saturated carbocycles. The van der Waals surface area contributed by atoms with Crippen LogP contribution in [0.15, 0.2) is 54.6 Å². The van der Waals surface area contributed by atoms with Gasteiger partial charge in [-0.25, -0.2) is 9.59 Å². The molecule has 2 aromatic rings. The third-order valence-electron chi connectivity index (χ3n) is 3.84. The Kier molecular flexibility index (Phi) is 7.37. The summed E-state index contributed by atoms with van der Waals surface area (Å²) < 4.78 is 5.01. The summed E-state index contributed by atoms with van der Waals surface area (Å²) in [4.78, 5) is 34.6. The second-order valence-corrected chi connectivity index (χ2v) is 6.14. The van der Waals surface area contributed by atoms with Gasteiger partial charge in [0.2, 0.25) is 0 Å². The Hall–Kier alpha value is -3.35. The van der Waals surface area contributed by atoms with Crippen LogP contribution in [0.25, 0.3) is 0 Å². The van der Waals surface area contributed by atoms with Crippen LogP contribution >= 0.6 is 0 Å². The summed E-state index contributed by atoms with van der Waals surface area (Å²) in [5.74, 6) is -0.969. The lowest BCUT2D eigenvalue weighted by molar-refractivity contribution is -0.124. The quantitative estimate of drug-likeness (QED) is 0.621. The van der Waals surface area contributed by atoms with E-state index in [0.717, 1.165) is 12.8 Å². The largest absolute Gasteiger partial charge is 0.452 e. The standard InChI is InChI=1S/C20H23N3O4/c1-14(7-8-15-5-3-2-4-6-15)22-18(24)13-27-19(25)16-9-11-17(12-10-16)23-20(21)26/h2-6,9-12,14H,7-8,13H2,1H3,(H,22,24)(H3,21,23,26)/t14-/m1/s1. The van der Waals surface area contributed by atoms with E-state index in [-0.39, 0.29) is 24.1 Å². The minimum absolute atomic E-state index is 0.0319. The van der Waals surface area contributed by atoms with Gasteiger partial charge in [0, 0.05) is 11.7 Å². The van der Waals surface area contributed by atoms with E-state index in [1.807, 2.05) is 37.3 Å². The smallest absolute Gasteiger partial charge is 0.338 e. The average Bonchev–Trinajstić information content (AvgIpc) is 2.65. The molecule has 142 valence electrons. The van der Waals surface area contributed by atoms with Crippen molar-refractivity contribution in [2.75, 3.05) is 11.9 Å². The minimum Gasteiger partial charge on any atom is -0.452 e. The number of esters is 1. The van der Waals surface area contributed by atoms with Crippen molar-refractivity contribution in [2.45, 2.75) is 25.8 Å². The maximum Gasteiger partial charge on any atom is 0.338 e. The number of primary amides is 1. The molecular formula is C20H23N3O4. The molecular weight excluding hydrogens is 346 g/mol. The number of ether oxygens (including phenoxy) is 1. The van der Waals surface area contributed by atoms with Gasteiger partial charge in [-0.2, -0.15) is 0 Å². The maximum atomic E-state index is 12.0. The zero-order valence-corrected chi connectivity index (χ0v) is 15.1. The molecule has 0 aromatic heterocycles. The van der Waals surface area contributed by atoms with Crippen LogP contribution < -0.4 is 16.4 Å². The number of nitrogens with one attached hydrogen (secondary N) is 2. The van der Waals surface area contributed by atoms with Gasteiger partial charge >= 0.3 is 12.0 Å². The number of benzene rings is 2. The molecule has 0 unspecified atom stereocenters. The van der Waals surface area contributed by atoms with Crippen molar-refractivity contribution in [3.05, 3.63) is 65.7 Å². The summed E-state index contributed by atoms with van der Waals surface area (Å²) in [6, 6.07) is 15.3. The number of anilines is 1. The first kappa shape index (κ1) is 20.0. The fourth-order valence-corrected chi connectivity index (χ4v) is 2.46. The molecule has 0 fully saturated rings. The summed E-state index contributed by atoms with van der Waals surface area (Å²) in [5.41, 5.74) is 6.95. The van der Waals surface area contributed by atoms with E-state index < -0.39 is 12.0 Å². The number of amides is 3. The number of carbonyl (C=O) groups excluding carboxylic acids is 3. The molecule has 0 aliphatic rings. The molecule has 4 N–H and O–H groups in total. The van der Waals surface area contributed by atoms with Crippen LogP contribution in [0, 0.1) is 0 Å². The summed E-state index contributed by atoms with van der Waals surface area (Å²) in [6.45, 7) is 1.56. The number of carbonyl (C=O) groups is 3. The molecule has 2 rings (SSSR count). The molecule has 0 heterocycles. The van der Waals surface area contributed by atoms with E-state index in [1.165, 1.54) is 29.8 Å². The third kappa shape index (κ3) is 7.19. The summed E-state index contributed by atoms with van der Waals surface area (Å²) in [6.07, 6.45) is 1.64. The van der Waals surface area contributed by atoms with E-state index >= 15 is 0 Å². The molecule has 0 saturated heterocycles. The van der Waals surface area contributed by atoms with Gasteiger partial charge in [-0.15, -0.1) is 0 Å². The molecule has 27 heavy (non-hydrogen) atoms. The highest BCUT2D eigenvalue weighted by molar-refractivity contribution is 5.93. The zero-order chi connectivity index (χ0) is 19.6. The predicted molar refractivity (Wildman–Crippen MR) is 102 cm³/mol. The molecule has 1 atom stereocenters. The fraction of sp³-hybridized carbons (Fsp3) is 0.250. The number of hydrogen-bond donors (Lipinski definition) is 3. The number of nitrogens with two attached hydrogens (primary N) is 1. The van der Waals surface area contributed by atoms with Gasteiger partial charge in [-0.3, -0.25) is 4.79 Å². The van der Waals surface area contributed by atoms with Gasteiger partial charge in [-0.1, -0.05) is 30.3 Å². The zero-order valence-electron chi connectivity index (χ0n) is 15.1. The topological polar surface area (TPSA) is 111 Å². The van der Waals surface area contributed by atoms with Crippen molar-refractivity contribution in [1.29, 1.82) is 0 Å². The SMILES string of the molecule is C[C@H](CCc1ccccc1)NC(=O)COC(=O)c1ccc(NC(N)=O)cc1. The average molecular weight is 369 g/mol. The lowest BCUT2D eigenvalue weighted by Gasteiger charge is -2.14. The summed E-state index contributed by atoms with van der Waals surface area (Å²) >= 11 is 0. The van der Waals surface area contributed by atoms with E-state index in [1.54, 1.807) is 0 Å². The van der Waals surface area contributed by atoms with Gasteiger partial charge in [0.1, 0.15) is 0 Å². The molecule has 3 amide bonds. The highest BCUT2D eigenvalue weighted by Gasteiger charge is 2.12. The van der Waals surface area contributed by atoms with Crippen LogP contribution in [0.4, 0.5) is 10.5 Å². The molecule has 0 aliphatic carbocycles. The van der Waals surface area contributed by atoms with Crippen LogP contribution in [0.2, 0.25) is 0 Å². The maximum absolute atomic E-state index is 12.0. The Labute approximate surface area is 157 Å². The van der Waals surface area contributed by atoms with Crippen LogP contribution in [0.1, 0.15) is 29.3 Å². The first-order valence-corrected chi connectivity index (χ1v) is 8.61. The van der Waals surface area contributed by atoms with Crippen LogP contribution in [0.5, 0.6) is 0 Å². The normalized spacial score (nSPS) is 11.3. The first-order chi connectivity index (χ1) is 12.9. The molecule has 7 nitrogen and oxygen atoms in total. The van der Waals surface area contributed by atoms with Crippen LogP contribution in [-0.2, 0) is 16.0 Å². The van der Waals surface area contributed by atoms with Gasteiger partial charge < -0.3 is 21.1 Å². The second kappa shape index (κ2) is 9.96. The molecule has 0 spiro atoms. The molecule has 2 aromatic carbocycles. The monoisotopic (exact) mass is 369 g/mol. The lowest BCUT2D eigenvalue weighted by atomic mass is 10.1.